The second-order valence-electron chi connectivity index (χ2n) is 8.56. The van der Waals surface area contributed by atoms with Crippen LogP contribution in [0.4, 0.5) is 10.1 Å². The summed E-state index contributed by atoms with van der Waals surface area (Å²) < 4.78 is 20.7. The largest absolute Gasteiger partial charge is 0.398 e. The second-order valence-corrected chi connectivity index (χ2v) is 8.56. The lowest BCUT2D eigenvalue weighted by Crippen LogP contribution is -2.38. The summed E-state index contributed by atoms with van der Waals surface area (Å²) in [5.74, 6) is 0.211. The first-order chi connectivity index (χ1) is 15.5. The van der Waals surface area contributed by atoms with Crippen molar-refractivity contribution in [2.75, 3.05) is 38.5 Å². The van der Waals surface area contributed by atoms with E-state index in [0.717, 1.165) is 12.1 Å². The highest BCUT2D eigenvalue weighted by molar-refractivity contribution is 5.99. The van der Waals surface area contributed by atoms with Gasteiger partial charge in [0.05, 0.1) is 23.9 Å². The fraction of sp³-hybridized carbons (Fsp3) is 0.435. The van der Waals surface area contributed by atoms with Gasteiger partial charge in [0.25, 0.3) is 5.91 Å². The first kappa shape index (κ1) is 20.8. The van der Waals surface area contributed by atoms with E-state index in [1.165, 1.54) is 6.20 Å². The number of hydrogen-bond acceptors (Lipinski definition) is 6. The quantitative estimate of drug-likeness (QED) is 0.543. The maximum absolute atomic E-state index is 14.9. The molecule has 2 aliphatic rings. The van der Waals surface area contributed by atoms with Crippen molar-refractivity contribution in [2.45, 2.75) is 31.8 Å². The molecule has 168 valence electrons. The van der Waals surface area contributed by atoms with Crippen LogP contribution in [0.5, 0.6) is 0 Å². The number of benzene rings is 1. The minimum absolute atomic E-state index is 0.0291. The average Bonchev–Trinajstić information content (AvgIpc) is 3.24. The number of carbonyl (C=O) groups excluding carboxylic acids is 1. The number of H-pyrrole nitrogens is 1. The normalized spacial score (nSPS) is 20.1. The summed E-state index contributed by atoms with van der Waals surface area (Å²) in [6.45, 7) is 5.08. The number of rotatable bonds is 3. The number of pyridine rings is 1. The predicted molar refractivity (Wildman–Crippen MR) is 119 cm³/mol. The van der Waals surface area contributed by atoms with Crippen molar-refractivity contribution in [3.63, 3.8) is 0 Å². The van der Waals surface area contributed by atoms with Crippen LogP contribution < -0.4 is 11.1 Å². The van der Waals surface area contributed by atoms with Crippen LogP contribution >= 0.6 is 0 Å². The molecule has 0 aliphatic carbocycles. The van der Waals surface area contributed by atoms with Crippen LogP contribution in [0.2, 0.25) is 0 Å². The monoisotopic (exact) mass is 438 g/mol. The summed E-state index contributed by atoms with van der Waals surface area (Å²) >= 11 is 0. The first-order valence-electron chi connectivity index (χ1n) is 11.0. The molecular formula is C23H27FN6O2. The van der Waals surface area contributed by atoms with Crippen molar-refractivity contribution in [2.24, 2.45) is 0 Å². The number of nitrogens with one attached hydrogen (secondary N) is 2. The Labute approximate surface area is 185 Å². The number of fused-ring (bicyclic) bond motifs is 1. The van der Waals surface area contributed by atoms with E-state index in [0.29, 0.717) is 72.9 Å². The average molecular weight is 439 g/mol. The van der Waals surface area contributed by atoms with Crippen LogP contribution in [0.15, 0.2) is 24.4 Å². The van der Waals surface area contributed by atoms with Gasteiger partial charge in [0.2, 0.25) is 0 Å². The Kier molecular flexibility index (Phi) is 5.52. The molecule has 2 aliphatic heterocycles. The summed E-state index contributed by atoms with van der Waals surface area (Å²) in [4.78, 5) is 26.8. The van der Waals surface area contributed by atoms with E-state index in [1.807, 2.05) is 19.1 Å². The Hall–Kier alpha value is -3.04. The molecule has 32 heavy (non-hydrogen) atoms. The summed E-state index contributed by atoms with van der Waals surface area (Å²) in [7, 11) is 0. The Balaban J connectivity index is 1.36. The summed E-state index contributed by atoms with van der Waals surface area (Å²) in [5.41, 5.74) is 9.81. The standard InChI is InChI=1S/C23H27FN6O2/c1-13-2-3-15(17(25)10-13)23(31)30-7-4-14(5-8-30)19-16(24)11-27-22-20(19)28-21(29-22)18-12-26-6-9-32-18/h2-3,10-11,14,18,26H,4-9,12,25H2,1H3,(H,27,28,29). The molecule has 0 spiro atoms. The molecule has 9 heteroatoms. The van der Waals surface area contributed by atoms with E-state index in [-0.39, 0.29) is 23.7 Å². The predicted octanol–water partition coefficient (Wildman–Crippen LogP) is 2.67. The van der Waals surface area contributed by atoms with Gasteiger partial charge in [-0.2, -0.15) is 0 Å². The Bertz CT molecular complexity index is 1150. The number of nitrogens with two attached hydrogens (primary N) is 1. The highest BCUT2D eigenvalue weighted by Gasteiger charge is 2.30. The molecule has 0 bridgehead atoms. The van der Waals surface area contributed by atoms with Crippen molar-refractivity contribution in [1.29, 1.82) is 0 Å². The van der Waals surface area contributed by atoms with Gasteiger partial charge in [-0.1, -0.05) is 6.07 Å². The molecule has 2 fully saturated rings. The van der Waals surface area contributed by atoms with Gasteiger partial charge < -0.3 is 25.7 Å². The number of carbonyl (C=O) groups is 1. The fourth-order valence-corrected chi connectivity index (χ4v) is 4.68. The highest BCUT2D eigenvalue weighted by atomic mass is 19.1. The number of amides is 1. The molecule has 8 nitrogen and oxygen atoms in total. The number of halogens is 1. The lowest BCUT2D eigenvalue weighted by atomic mass is 9.88. The molecule has 1 amide bonds. The fourth-order valence-electron chi connectivity index (χ4n) is 4.68. The molecule has 4 heterocycles. The Morgan fingerprint density at radius 1 is 1.31 bits per heavy atom. The second kappa shape index (κ2) is 8.48. The van der Waals surface area contributed by atoms with Crippen LogP contribution in [0.1, 0.15) is 52.2 Å². The van der Waals surface area contributed by atoms with E-state index in [2.05, 4.69) is 20.3 Å². The molecule has 1 atom stereocenters. The van der Waals surface area contributed by atoms with Crippen LogP contribution in [-0.4, -0.2) is 58.5 Å². The lowest BCUT2D eigenvalue weighted by molar-refractivity contribution is 0.0228. The SMILES string of the molecule is Cc1ccc(C(=O)N2CCC(c3c(F)cnc4nc(C5CNCCO5)[nH]c34)CC2)c(N)c1. The molecule has 4 N–H and O–H groups in total. The van der Waals surface area contributed by atoms with Crippen LogP contribution in [-0.2, 0) is 4.74 Å². The van der Waals surface area contributed by atoms with E-state index >= 15 is 0 Å². The molecule has 2 saturated heterocycles. The first-order valence-corrected chi connectivity index (χ1v) is 11.0. The third-order valence-electron chi connectivity index (χ3n) is 6.39. The van der Waals surface area contributed by atoms with E-state index < -0.39 is 0 Å². The van der Waals surface area contributed by atoms with Gasteiger partial charge in [-0.05, 0) is 43.4 Å². The minimum atomic E-state index is -0.344. The summed E-state index contributed by atoms with van der Waals surface area (Å²) in [5, 5.41) is 3.28. The smallest absolute Gasteiger partial charge is 0.255 e. The zero-order valence-electron chi connectivity index (χ0n) is 18.0. The Morgan fingerprint density at radius 3 is 2.84 bits per heavy atom. The molecule has 0 radical (unpaired) electrons. The van der Waals surface area contributed by atoms with Crippen molar-refractivity contribution in [3.05, 3.63) is 52.7 Å². The maximum Gasteiger partial charge on any atom is 0.255 e. The van der Waals surface area contributed by atoms with E-state index in [1.54, 1.807) is 11.0 Å². The number of aromatic nitrogens is 3. The van der Waals surface area contributed by atoms with Gasteiger partial charge in [0, 0.05) is 37.4 Å². The number of ether oxygens (including phenoxy) is 1. The molecular weight excluding hydrogens is 411 g/mol. The van der Waals surface area contributed by atoms with Gasteiger partial charge in [-0.3, -0.25) is 4.79 Å². The molecule has 5 rings (SSSR count). The highest BCUT2D eigenvalue weighted by Crippen LogP contribution is 2.35. The molecule has 2 aromatic heterocycles. The van der Waals surface area contributed by atoms with E-state index in [4.69, 9.17) is 10.5 Å². The van der Waals surface area contributed by atoms with Crippen LogP contribution in [0.25, 0.3) is 11.2 Å². The third kappa shape index (κ3) is 3.82. The number of piperidine rings is 1. The van der Waals surface area contributed by atoms with Crippen molar-refractivity contribution >= 4 is 22.8 Å². The number of aromatic amines is 1. The maximum atomic E-state index is 14.9. The molecule has 1 unspecified atom stereocenters. The molecule has 0 saturated carbocycles. The summed E-state index contributed by atoms with van der Waals surface area (Å²) in [6, 6.07) is 5.48. The zero-order valence-corrected chi connectivity index (χ0v) is 18.0. The minimum Gasteiger partial charge on any atom is -0.398 e. The number of nitrogens with zero attached hydrogens (tertiary/aromatic N) is 3. The lowest BCUT2D eigenvalue weighted by Gasteiger charge is -2.32. The number of nitrogen functional groups attached to an aromatic ring is 1. The van der Waals surface area contributed by atoms with Gasteiger partial charge in [0.15, 0.2) is 5.65 Å². The van der Waals surface area contributed by atoms with Crippen LogP contribution in [0, 0.1) is 12.7 Å². The number of anilines is 1. The van der Waals surface area contributed by atoms with Gasteiger partial charge in [-0.25, -0.2) is 14.4 Å². The number of morpholine rings is 1. The number of hydrogen-bond donors (Lipinski definition) is 3. The third-order valence-corrected chi connectivity index (χ3v) is 6.39. The van der Waals surface area contributed by atoms with Crippen molar-refractivity contribution in [3.8, 4) is 0 Å². The van der Waals surface area contributed by atoms with Crippen LogP contribution in [0.3, 0.4) is 0 Å². The zero-order chi connectivity index (χ0) is 22.2. The summed E-state index contributed by atoms with van der Waals surface area (Å²) in [6.07, 6.45) is 2.35. The number of aryl methyl sites for hydroxylation is 1. The topological polar surface area (TPSA) is 109 Å². The van der Waals surface area contributed by atoms with Gasteiger partial charge in [0.1, 0.15) is 17.7 Å². The van der Waals surface area contributed by atoms with Crippen molar-refractivity contribution < 1.29 is 13.9 Å². The molecule has 1 aromatic carbocycles. The molecule has 3 aromatic rings. The Morgan fingerprint density at radius 2 is 2.12 bits per heavy atom. The van der Waals surface area contributed by atoms with Gasteiger partial charge >= 0.3 is 0 Å². The van der Waals surface area contributed by atoms with Gasteiger partial charge in [-0.15, -0.1) is 0 Å². The number of imidazole rings is 1. The van der Waals surface area contributed by atoms with E-state index in [9.17, 15) is 9.18 Å². The number of likely N-dealkylation sites (tertiary alicyclic amines) is 1. The van der Waals surface area contributed by atoms with Crippen molar-refractivity contribution in [1.82, 2.24) is 25.2 Å².